The predicted molar refractivity (Wildman–Crippen MR) is 108 cm³/mol. The normalized spacial score (nSPS) is 23.5. The van der Waals surface area contributed by atoms with E-state index in [2.05, 4.69) is 37.7 Å². The fourth-order valence-corrected chi connectivity index (χ4v) is 4.22. The van der Waals surface area contributed by atoms with Gasteiger partial charge in [-0.2, -0.15) is 0 Å². The number of fused-ring (bicyclic) bond motifs is 3. The van der Waals surface area contributed by atoms with Crippen molar-refractivity contribution in [2.75, 3.05) is 26.3 Å². The van der Waals surface area contributed by atoms with Gasteiger partial charge >= 0.3 is 0 Å². The highest BCUT2D eigenvalue weighted by atomic mass is 16.5. The largest absolute Gasteiger partial charge is 0.381 e. The van der Waals surface area contributed by atoms with Crippen LogP contribution in [0.3, 0.4) is 0 Å². The summed E-state index contributed by atoms with van der Waals surface area (Å²) >= 11 is 0. The Morgan fingerprint density at radius 2 is 2.07 bits per heavy atom. The van der Waals surface area contributed by atoms with Gasteiger partial charge in [0.05, 0.1) is 23.4 Å². The van der Waals surface area contributed by atoms with E-state index in [1.807, 2.05) is 18.6 Å². The molecule has 2 atom stereocenters. The second-order valence-corrected chi connectivity index (χ2v) is 7.88. The Kier molecular flexibility index (Phi) is 6.02. The number of imidazole rings is 1. The van der Waals surface area contributed by atoms with Crippen LogP contribution in [-0.4, -0.2) is 51.9 Å². The third-order valence-electron chi connectivity index (χ3n) is 6.02. The summed E-state index contributed by atoms with van der Waals surface area (Å²) in [5.74, 6) is 2.89. The molecule has 7 nitrogen and oxygen atoms in total. The van der Waals surface area contributed by atoms with Crippen molar-refractivity contribution in [3.63, 3.8) is 0 Å². The van der Waals surface area contributed by atoms with Crippen LogP contribution in [0.5, 0.6) is 0 Å². The van der Waals surface area contributed by atoms with Crippen LogP contribution in [0.15, 0.2) is 24.7 Å². The minimum atomic E-state index is 0.469. The molecule has 0 aliphatic carbocycles. The summed E-state index contributed by atoms with van der Waals surface area (Å²) in [6, 6.07) is 2.07. The van der Waals surface area contributed by atoms with Gasteiger partial charge in [0, 0.05) is 38.3 Å². The van der Waals surface area contributed by atoms with Crippen molar-refractivity contribution in [3.8, 4) is 0 Å². The molecule has 0 bridgehead atoms. The average molecular weight is 383 g/mol. The molecule has 5 heterocycles. The van der Waals surface area contributed by atoms with Crippen molar-refractivity contribution in [1.82, 2.24) is 24.7 Å². The van der Waals surface area contributed by atoms with Gasteiger partial charge in [0.2, 0.25) is 0 Å². The molecule has 0 unspecified atom stereocenters. The molecular formula is C21H29N5O2. The lowest BCUT2D eigenvalue weighted by molar-refractivity contribution is -0.109. The van der Waals surface area contributed by atoms with E-state index in [1.165, 1.54) is 6.42 Å². The molecule has 2 fully saturated rings. The Morgan fingerprint density at radius 1 is 1.25 bits per heavy atom. The Balaban J connectivity index is 0.000000181. The number of nitrogens with one attached hydrogen (secondary N) is 2. The van der Waals surface area contributed by atoms with Crippen molar-refractivity contribution in [2.24, 2.45) is 11.8 Å². The molecule has 3 aromatic heterocycles. The molecule has 0 aromatic carbocycles. The highest BCUT2D eigenvalue weighted by Crippen LogP contribution is 2.30. The smallest absolute Gasteiger partial charge is 0.154 e. The number of rotatable bonds is 3. The van der Waals surface area contributed by atoms with Crippen LogP contribution in [0.1, 0.15) is 44.3 Å². The van der Waals surface area contributed by atoms with E-state index in [0.29, 0.717) is 17.8 Å². The van der Waals surface area contributed by atoms with Crippen LogP contribution >= 0.6 is 0 Å². The number of H-pyrrole nitrogens is 1. The maximum Gasteiger partial charge on any atom is 0.154 e. The average Bonchev–Trinajstić information content (AvgIpc) is 3.36. The number of aromatic amines is 1. The lowest BCUT2D eigenvalue weighted by Crippen LogP contribution is -2.34. The Labute approximate surface area is 164 Å². The molecular weight excluding hydrogens is 354 g/mol. The van der Waals surface area contributed by atoms with Crippen molar-refractivity contribution < 1.29 is 9.53 Å². The van der Waals surface area contributed by atoms with Gasteiger partial charge in [-0.3, -0.25) is 4.40 Å². The summed E-state index contributed by atoms with van der Waals surface area (Å²) in [6.07, 6.45) is 10.8. The Morgan fingerprint density at radius 3 is 2.86 bits per heavy atom. The standard InChI is InChI=1S/C14H17N5.C7H12O2/c1-9-2-4-15-8-11(9)14-18-7-10-6-17-13-12(19(10)14)3-5-16-13;8-4-1-7-2-5-9-6-3-7/h3,5-7,9,11,15-16H,2,4,8H2,1H3;4,7H,1-3,5-6H2/t9-,11+;/m1./s1. The Bertz CT molecular complexity index is 912. The maximum absolute atomic E-state index is 10.0. The first kappa shape index (κ1) is 19.1. The summed E-state index contributed by atoms with van der Waals surface area (Å²) in [6.45, 7) is 6.13. The molecule has 2 aliphatic heterocycles. The molecule has 28 heavy (non-hydrogen) atoms. The summed E-state index contributed by atoms with van der Waals surface area (Å²) in [5, 5.41) is 3.48. The molecule has 2 N–H and O–H groups in total. The third kappa shape index (κ3) is 3.95. The lowest BCUT2D eigenvalue weighted by atomic mass is 9.87. The maximum atomic E-state index is 10.0. The predicted octanol–water partition coefficient (Wildman–Crippen LogP) is 2.93. The summed E-state index contributed by atoms with van der Waals surface area (Å²) in [5.41, 5.74) is 3.10. The molecule has 0 saturated carbocycles. The van der Waals surface area contributed by atoms with Gasteiger partial charge < -0.3 is 19.8 Å². The SMILES string of the molecule is C[C@@H]1CCNC[C@@H]1c1ncc2cnc3[nH]ccc3n12.O=CCC1CCOCC1. The highest BCUT2D eigenvalue weighted by molar-refractivity contribution is 5.75. The van der Waals surface area contributed by atoms with Crippen LogP contribution in [0.2, 0.25) is 0 Å². The van der Waals surface area contributed by atoms with Gasteiger partial charge in [0.25, 0.3) is 0 Å². The van der Waals surface area contributed by atoms with E-state index in [1.54, 1.807) is 0 Å². The van der Waals surface area contributed by atoms with Crippen LogP contribution < -0.4 is 5.32 Å². The van der Waals surface area contributed by atoms with Crippen LogP contribution in [0.4, 0.5) is 0 Å². The highest BCUT2D eigenvalue weighted by Gasteiger charge is 2.26. The van der Waals surface area contributed by atoms with Gasteiger partial charge in [-0.05, 0) is 43.7 Å². The van der Waals surface area contributed by atoms with Gasteiger partial charge in [-0.25, -0.2) is 9.97 Å². The molecule has 2 saturated heterocycles. The Hall–Kier alpha value is -2.25. The zero-order chi connectivity index (χ0) is 19.3. The van der Waals surface area contributed by atoms with Crippen molar-refractivity contribution in [1.29, 1.82) is 0 Å². The molecule has 0 amide bonds. The van der Waals surface area contributed by atoms with E-state index < -0.39 is 0 Å². The van der Waals surface area contributed by atoms with Gasteiger partial charge in [0.1, 0.15) is 12.1 Å². The van der Waals surface area contributed by atoms with Crippen LogP contribution in [0.25, 0.3) is 16.7 Å². The number of nitrogens with zero attached hydrogens (tertiary/aromatic N) is 3. The van der Waals surface area contributed by atoms with Gasteiger partial charge in [-0.1, -0.05) is 6.92 Å². The zero-order valence-corrected chi connectivity index (χ0v) is 16.4. The fourth-order valence-electron chi connectivity index (χ4n) is 4.22. The lowest BCUT2D eigenvalue weighted by Gasteiger charge is -2.28. The van der Waals surface area contributed by atoms with E-state index in [-0.39, 0.29) is 0 Å². The van der Waals surface area contributed by atoms with E-state index in [4.69, 9.17) is 4.74 Å². The molecule has 7 heteroatoms. The first-order valence-electron chi connectivity index (χ1n) is 10.3. The minimum absolute atomic E-state index is 0.469. The number of hydrogen-bond donors (Lipinski definition) is 2. The monoisotopic (exact) mass is 383 g/mol. The number of aldehydes is 1. The summed E-state index contributed by atoms with van der Waals surface area (Å²) < 4.78 is 7.37. The molecule has 2 aliphatic rings. The zero-order valence-electron chi connectivity index (χ0n) is 16.4. The molecule has 5 rings (SSSR count). The fraction of sp³-hybridized carbons (Fsp3) is 0.571. The first-order valence-corrected chi connectivity index (χ1v) is 10.3. The van der Waals surface area contributed by atoms with Crippen LogP contribution in [0, 0.1) is 11.8 Å². The molecule has 3 aromatic rings. The number of aromatic nitrogens is 4. The van der Waals surface area contributed by atoms with Gasteiger partial charge in [-0.15, -0.1) is 0 Å². The van der Waals surface area contributed by atoms with Crippen molar-refractivity contribution in [2.45, 2.75) is 38.5 Å². The number of ether oxygens (including phenoxy) is 1. The topological polar surface area (TPSA) is 84.3 Å². The summed E-state index contributed by atoms with van der Waals surface area (Å²) in [7, 11) is 0. The molecule has 0 spiro atoms. The molecule has 150 valence electrons. The first-order chi connectivity index (χ1) is 13.8. The van der Waals surface area contributed by atoms with E-state index in [0.717, 1.165) is 74.4 Å². The van der Waals surface area contributed by atoms with Crippen molar-refractivity contribution in [3.05, 3.63) is 30.5 Å². The second kappa shape index (κ2) is 8.84. The van der Waals surface area contributed by atoms with E-state index in [9.17, 15) is 4.79 Å². The number of piperidine rings is 1. The van der Waals surface area contributed by atoms with Gasteiger partial charge in [0.15, 0.2) is 5.65 Å². The third-order valence-corrected chi connectivity index (χ3v) is 6.02. The summed E-state index contributed by atoms with van der Waals surface area (Å²) in [4.78, 5) is 22.3. The van der Waals surface area contributed by atoms with E-state index >= 15 is 0 Å². The van der Waals surface area contributed by atoms with Crippen molar-refractivity contribution >= 4 is 23.0 Å². The number of carbonyl (C=O) groups excluding carboxylic acids is 1. The number of hydrogen-bond acceptors (Lipinski definition) is 5. The number of carbonyl (C=O) groups is 1. The van der Waals surface area contributed by atoms with Crippen LogP contribution in [-0.2, 0) is 9.53 Å². The second-order valence-electron chi connectivity index (χ2n) is 7.88. The molecule has 0 radical (unpaired) electrons. The minimum Gasteiger partial charge on any atom is -0.381 e. The quantitative estimate of drug-likeness (QED) is 0.680.